The fourth-order valence-electron chi connectivity index (χ4n) is 7.02. The van der Waals surface area contributed by atoms with Gasteiger partial charge in [-0.05, 0) is 61.8 Å². The quantitative estimate of drug-likeness (QED) is 0.226. The number of piperazine rings is 1. The summed E-state index contributed by atoms with van der Waals surface area (Å²) in [6.07, 6.45) is 8.89. The fraction of sp³-hybridized carbons (Fsp3) is 0.457. The fourth-order valence-corrected chi connectivity index (χ4v) is 7.32. The second kappa shape index (κ2) is 13.0. The number of aromatic nitrogens is 4. The molecule has 3 aliphatic heterocycles. The van der Waals surface area contributed by atoms with Gasteiger partial charge in [-0.15, -0.1) is 0 Å². The zero-order chi connectivity index (χ0) is 32.7. The van der Waals surface area contributed by atoms with E-state index < -0.39 is 0 Å². The SMILES string of the molecule is COc1cc(N2CCC(N3CCN(C)CC3)CC2)c(-c2cnn(C)c2)cc1Nc1ncc(Br)c(Nc2cccc3c2OC(C)(C)C3)n1. The van der Waals surface area contributed by atoms with Gasteiger partial charge in [0.05, 0.1) is 29.2 Å². The maximum absolute atomic E-state index is 6.28. The van der Waals surface area contributed by atoms with E-state index in [1.165, 1.54) is 5.56 Å². The Morgan fingerprint density at radius 3 is 2.49 bits per heavy atom. The molecule has 2 aromatic carbocycles. The first-order chi connectivity index (χ1) is 22.7. The number of likely N-dealkylation sites (N-methyl/N-ethyl adjacent to an activating group) is 1. The summed E-state index contributed by atoms with van der Waals surface area (Å²) in [6, 6.07) is 11.1. The lowest BCUT2D eigenvalue weighted by molar-refractivity contribution is 0.0982. The Hall–Kier alpha value is -3.87. The molecular weight excluding hydrogens is 658 g/mol. The van der Waals surface area contributed by atoms with Gasteiger partial charge >= 0.3 is 0 Å². The second-order valence-corrected chi connectivity index (χ2v) is 14.4. The number of aryl methyl sites for hydroxylation is 1. The molecule has 0 bridgehead atoms. The van der Waals surface area contributed by atoms with E-state index in [-0.39, 0.29) is 5.60 Å². The smallest absolute Gasteiger partial charge is 0.229 e. The van der Waals surface area contributed by atoms with Gasteiger partial charge in [0, 0.05) is 99.6 Å². The molecule has 2 fully saturated rings. The number of nitrogens with zero attached hydrogens (tertiary/aromatic N) is 7. The summed E-state index contributed by atoms with van der Waals surface area (Å²) in [4.78, 5) is 17.1. The van der Waals surface area contributed by atoms with E-state index in [0.717, 1.165) is 103 Å². The molecule has 0 atom stereocenters. The minimum Gasteiger partial charge on any atom is -0.494 e. The molecule has 2 aromatic heterocycles. The number of hydrogen-bond acceptors (Lipinski definition) is 10. The molecule has 2 N–H and O–H groups in total. The highest BCUT2D eigenvalue weighted by atomic mass is 79.9. The van der Waals surface area contributed by atoms with Gasteiger partial charge in [-0.25, -0.2) is 4.98 Å². The molecule has 0 saturated carbocycles. The molecule has 0 unspecified atom stereocenters. The summed E-state index contributed by atoms with van der Waals surface area (Å²) in [6.45, 7) is 10.8. The molecule has 12 heteroatoms. The van der Waals surface area contributed by atoms with Crippen LogP contribution in [0.3, 0.4) is 0 Å². The van der Waals surface area contributed by atoms with Crippen molar-refractivity contribution >= 4 is 44.8 Å². The topological polar surface area (TPSA) is 95.8 Å². The van der Waals surface area contributed by atoms with Gasteiger partial charge in [0.15, 0.2) is 0 Å². The summed E-state index contributed by atoms with van der Waals surface area (Å²) < 4.78 is 14.8. The number of fused-ring (bicyclic) bond motifs is 1. The van der Waals surface area contributed by atoms with Crippen molar-refractivity contribution in [3.63, 3.8) is 0 Å². The van der Waals surface area contributed by atoms with Gasteiger partial charge < -0.3 is 29.9 Å². The summed E-state index contributed by atoms with van der Waals surface area (Å²) in [5, 5.41) is 11.4. The molecule has 4 aromatic rings. The van der Waals surface area contributed by atoms with Crippen LogP contribution in [0, 0.1) is 0 Å². The zero-order valence-electron chi connectivity index (χ0n) is 27.9. The highest BCUT2D eigenvalue weighted by Gasteiger charge is 2.32. The first-order valence-corrected chi connectivity index (χ1v) is 17.2. The number of ether oxygens (including phenoxy) is 2. The Bertz CT molecular complexity index is 1740. The maximum atomic E-state index is 6.28. The van der Waals surface area contributed by atoms with Crippen molar-refractivity contribution in [3.05, 3.63) is 59.0 Å². The summed E-state index contributed by atoms with van der Waals surface area (Å²) in [7, 11) is 5.88. The summed E-state index contributed by atoms with van der Waals surface area (Å²) in [5.74, 6) is 2.67. The van der Waals surface area contributed by atoms with Gasteiger partial charge in [0.25, 0.3) is 0 Å². The Morgan fingerprint density at radius 1 is 0.979 bits per heavy atom. The van der Waals surface area contributed by atoms with Crippen LogP contribution < -0.4 is 25.0 Å². The number of hydrogen-bond donors (Lipinski definition) is 2. The second-order valence-electron chi connectivity index (χ2n) is 13.5. The van der Waals surface area contributed by atoms with E-state index >= 15 is 0 Å². The zero-order valence-corrected chi connectivity index (χ0v) is 29.5. The van der Waals surface area contributed by atoms with E-state index in [1.54, 1.807) is 13.3 Å². The van der Waals surface area contributed by atoms with Gasteiger partial charge in [0.1, 0.15) is 22.9 Å². The third-order valence-corrected chi connectivity index (χ3v) is 10.1. The predicted molar refractivity (Wildman–Crippen MR) is 191 cm³/mol. The van der Waals surface area contributed by atoms with Crippen LogP contribution in [0.5, 0.6) is 11.5 Å². The van der Waals surface area contributed by atoms with Crippen LogP contribution in [-0.4, -0.2) is 94.6 Å². The minimum absolute atomic E-state index is 0.245. The van der Waals surface area contributed by atoms with Gasteiger partial charge in [-0.3, -0.25) is 9.58 Å². The van der Waals surface area contributed by atoms with Crippen LogP contribution in [0.4, 0.5) is 28.8 Å². The average Bonchev–Trinajstić information content (AvgIpc) is 3.64. The van der Waals surface area contributed by atoms with Crippen LogP contribution in [0.2, 0.25) is 0 Å². The largest absolute Gasteiger partial charge is 0.494 e. The molecule has 2 saturated heterocycles. The van der Waals surface area contributed by atoms with Crippen LogP contribution in [-0.2, 0) is 13.5 Å². The predicted octanol–water partition coefficient (Wildman–Crippen LogP) is 6.07. The van der Waals surface area contributed by atoms with Crippen molar-refractivity contribution in [2.45, 2.75) is 44.8 Å². The monoisotopic (exact) mass is 701 g/mol. The first-order valence-electron chi connectivity index (χ1n) is 16.4. The van der Waals surface area contributed by atoms with E-state index in [4.69, 9.17) is 14.5 Å². The lowest BCUT2D eigenvalue weighted by Crippen LogP contribution is -2.52. The molecular formula is C35H44BrN9O2. The molecule has 11 nitrogen and oxygen atoms in total. The molecule has 5 heterocycles. The maximum Gasteiger partial charge on any atom is 0.229 e. The third kappa shape index (κ3) is 6.77. The van der Waals surface area contributed by atoms with Crippen molar-refractivity contribution < 1.29 is 9.47 Å². The van der Waals surface area contributed by atoms with Crippen molar-refractivity contribution in [3.8, 4) is 22.6 Å². The molecule has 47 heavy (non-hydrogen) atoms. The molecule has 3 aliphatic rings. The normalized spacial score (nSPS) is 18.6. The number of benzene rings is 2. The summed E-state index contributed by atoms with van der Waals surface area (Å²) in [5.41, 5.74) is 5.88. The number of para-hydroxylation sites is 1. The molecule has 0 amide bonds. The molecule has 7 rings (SSSR count). The Balaban J connectivity index is 1.15. The van der Waals surface area contributed by atoms with Gasteiger partial charge in [0.2, 0.25) is 5.95 Å². The minimum atomic E-state index is -0.245. The summed E-state index contributed by atoms with van der Waals surface area (Å²) >= 11 is 3.63. The van der Waals surface area contributed by atoms with Gasteiger partial charge in [-0.2, -0.15) is 10.1 Å². The number of methoxy groups -OCH3 is 1. The highest BCUT2D eigenvalue weighted by molar-refractivity contribution is 9.10. The standard InChI is InChI=1S/C35H44BrN9O2/c1-35(2)19-23-7-6-8-28(32(23)47-35)39-33-27(36)21-37-34(41-33)40-29-17-26(24-20-38-43(4)22-24)30(18-31(29)46-5)45-11-9-25(10-12-45)44-15-13-42(3)14-16-44/h6-8,17-18,20-22,25H,9-16,19H2,1-5H3,(H2,37,39,40,41). The molecule has 0 spiro atoms. The average molecular weight is 703 g/mol. The lowest BCUT2D eigenvalue weighted by Gasteiger charge is -2.43. The van der Waals surface area contributed by atoms with Crippen LogP contribution in [0.25, 0.3) is 11.1 Å². The third-order valence-electron chi connectivity index (χ3n) is 9.53. The Morgan fingerprint density at radius 2 is 1.77 bits per heavy atom. The molecule has 248 valence electrons. The van der Waals surface area contributed by atoms with Crippen molar-refractivity contribution in [2.75, 3.05) is 69.0 Å². The van der Waals surface area contributed by atoms with Crippen molar-refractivity contribution in [1.82, 2.24) is 29.5 Å². The van der Waals surface area contributed by atoms with E-state index in [0.29, 0.717) is 17.8 Å². The van der Waals surface area contributed by atoms with E-state index in [2.05, 4.69) is 96.6 Å². The van der Waals surface area contributed by atoms with Crippen LogP contribution >= 0.6 is 15.9 Å². The number of piperidine rings is 1. The van der Waals surface area contributed by atoms with Crippen LogP contribution in [0.15, 0.2) is 53.4 Å². The number of halogens is 1. The van der Waals surface area contributed by atoms with Crippen molar-refractivity contribution in [2.24, 2.45) is 7.05 Å². The first kappa shape index (κ1) is 31.7. The number of nitrogens with one attached hydrogen (secondary N) is 2. The van der Waals surface area contributed by atoms with Crippen molar-refractivity contribution in [1.29, 1.82) is 0 Å². The van der Waals surface area contributed by atoms with Crippen LogP contribution in [0.1, 0.15) is 32.3 Å². The highest BCUT2D eigenvalue weighted by Crippen LogP contribution is 2.43. The Labute approximate surface area is 285 Å². The van der Waals surface area contributed by atoms with E-state index in [1.807, 2.05) is 30.1 Å². The lowest BCUT2D eigenvalue weighted by atomic mass is 9.98. The van der Waals surface area contributed by atoms with E-state index in [9.17, 15) is 0 Å². The Kier molecular flexibility index (Phi) is 8.75. The number of rotatable bonds is 8. The molecule has 0 radical (unpaired) electrons. The number of anilines is 5. The molecule has 0 aliphatic carbocycles. The van der Waals surface area contributed by atoms with Gasteiger partial charge in [-0.1, -0.05) is 12.1 Å².